The maximum Gasteiger partial charge on any atom is 0.305 e. The van der Waals surface area contributed by atoms with Crippen molar-refractivity contribution in [2.24, 2.45) is 0 Å². The molecular formula is C14H19FN2O4. The molecule has 0 atom stereocenters. The Balaban J connectivity index is 2.46. The Bertz CT molecular complexity index is 520. The van der Waals surface area contributed by atoms with Gasteiger partial charge in [-0.3, -0.25) is 14.9 Å². The average Bonchev–Trinajstić information content (AvgIpc) is 2.45. The first-order valence-corrected chi connectivity index (χ1v) is 6.71. The number of hydrogen-bond donors (Lipinski definition) is 1. The lowest BCUT2D eigenvalue weighted by molar-refractivity contribution is -0.384. The van der Waals surface area contributed by atoms with Gasteiger partial charge in [0.1, 0.15) is 11.5 Å². The molecular weight excluding hydrogens is 279 g/mol. The van der Waals surface area contributed by atoms with Crippen molar-refractivity contribution < 1.29 is 18.8 Å². The van der Waals surface area contributed by atoms with Gasteiger partial charge in [0.15, 0.2) is 0 Å². The van der Waals surface area contributed by atoms with Gasteiger partial charge < -0.3 is 10.1 Å². The molecule has 7 heteroatoms. The van der Waals surface area contributed by atoms with E-state index in [1.165, 1.54) is 13.2 Å². The first kappa shape index (κ1) is 16.9. The van der Waals surface area contributed by atoms with Gasteiger partial charge in [-0.2, -0.15) is 0 Å². The van der Waals surface area contributed by atoms with Crippen molar-refractivity contribution in [3.63, 3.8) is 0 Å². The monoisotopic (exact) mass is 298 g/mol. The van der Waals surface area contributed by atoms with E-state index in [4.69, 9.17) is 0 Å². The number of rotatable bonds is 8. The summed E-state index contributed by atoms with van der Waals surface area (Å²) in [6, 6.07) is 2.36. The molecule has 0 fully saturated rings. The number of hydrogen-bond acceptors (Lipinski definition) is 5. The maximum absolute atomic E-state index is 13.3. The van der Waals surface area contributed by atoms with E-state index in [0.717, 1.165) is 18.9 Å². The molecule has 0 bridgehead atoms. The Morgan fingerprint density at radius 3 is 2.71 bits per heavy atom. The van der Waals surface area contributed by atoms with Crippen LogP contribution in [0.25, 0.3) is 0 Å². The topological polar surface area (TPSA) is 81.5 Å². The summed E-state index contributed by atoms with van der Waals surface area (Å²) in [6.07, 6.45) is 2.63. The Morgan fingerprint density at radius 1 is 1.38 bits per heavy atom. The molecule has 1 aromatic carbocycles. The quantitative estimate of drug-likeness (QED) is 0.345. The predicted octanol–water partition coefficient (Wildman–Crippen LogP) is 3.19. The van der Waals surface area contributed by atoms with E-state index in [1.54, 1.807) is 6.92 Å². The fourth-order valence-corrected chi connectivity index (χ4v) is 1.86. The second kappa shape index (κ2) is 8.18. The molecule has 1 aromatic rings. The van der Waals surface area contributed by atoms with Crippen molar-refractivity contribution in [1.82, 2.24) is 0 Å². The van der Waals surface area contributed by atoms with Crippen LogP contribution in [-0.4, -0.2) is 24.5 Å². The van der Waals surface area contributed by atoms with Crippen LogP contribution in [0.4, 0.5) is 15.8 Å². The summed E-state index contributed by atoms with van der Waals surface area (Å²) in [5, 5.41) is 13.8. The van der Waals surface area contributed by atoms with Crippen LogP contribution < -0.4 is 5.32 Å². The highest BCUT2D eigenvalue weighted by Crippen LogP contribution is 2.27. The van der Waals surface area contributed by atoms with Crippen molar-refractivity contribution in [2.45, 2.75) is 32.6 Å². The average molecular weight is 298 g/mol. The summed E-state index contributed by atoms with van der Waals surface area (Å²) >= 11 is 0. The fourth-order valence-electron chi connectivity index (χ4n) is 1.86. The highest BCUT2D eigenvalue weighted by atomic mass is 19.1. The van der Waals surface area contributed by atoms with Gasteiger partial charge in [-0.1, -0.05) is 6.42 Å². The zero-order valence-corrected chi connectivity index (χ0v) is 12.1. The molecule has 0 aromatic heterocycles. The van der Waals surface area contributed by atoms with E-state index in [9.17, 15) is 19.3 Å². The highest BCUT2D eigenvalue weighted by Gasteiger charge is 2.16. The number of esters is 1. The second-order valence-corrected chi connectivity index (χ2v) is 4.69. The number of carbonyl (C=O) groups excluding carboxylic acids is 1. The lowest BCUT2D eigenvalue weighted by Crippen LogP contribution is -2.06. The largest absolute Gasteiger partial charge is 0.469 e. The molecule has 1 rings (SSSR count). The third-order valence-electron chi connectivity index (χ3n) is 3.07. The van der Waals surface area contributed by atoms with Gasteiger partial charge in [0.25, 0.3) is 5.69 Å². The number of aryl methyl sites for hydroxylation is 1. The molecule has 0 heterocycles. The van der Waals surface area contributed by atoms with Crippen LogP contribution in [-0.2, 0) is 9.53 Å². The molecule has 0 amide bonds. The molecule has 116 valence electrons. The summed E-state index contributed by atoms with van der Waals surface area (Å²) < 4.78 is 17.9. The van der Waals surface area contributed by atoms with E-state index in [2.05, 4.69) is 10.1 Å². The molecule has 0 aliphatic heterocycles. The van der Waals surface area contributed by atoms with Crippen LogP contribution in [0.15, 0.2) is 12.1 Å². The Kier molecular flexibility index (Phi) is 6.58. The zero-order chi connectivity index (χ0) is 15.8. The van der Waals surface area contributed by atoms with Crippen LogP contribution in [0.5, 0.6) is 0 Å². The summed E-state index contributed by atoms with van der Waals surface area (Å²) in [5.74, 6) is -0.835. The lowest BCUT2D eigenvalue weighted by Gasteiger charge is -2.08. The zero-order valence-electron chi connectivity index (χ0n) is 12.1. The Morgan fingerprint density at radius 2 is 2.10 bits per heavy atom. The van der Waals surface area contributed by atoms with E-state index in [0.29, 0.717) is 30.6 Å². The number of anilines is 1. The highest BCUT2D eigenvalue weighted by molar-refractivity contribution is 5.69. The van der Waals surface area contributed by atoms with Crippen LogP contribution in [0, 0.1) is 22.9 Å². The number of nitrogens with one attached hydrogen (secondary N) is 1. The van der Waals surface area contributed by atoms with Crippen LogP contribution in [0.2, 0.25) is 0 Å². The second-order valence-electron chi connectivity index (χ2n) is 4.69. The summed E-state index contributed by atoms with van der Waals surface area (Å²) in [6.45, 7) is 2.08. The summed E-state index contributed by atoms with van der Waals surface area (Å²) in [5.41, 5.74) is 0.397. The number of carbonyl (C=O) groups is 1. The number of benzene rings is 1. The smallest absolute Gasteiger partial charge is 0.305 e. The van der Waals surface area contributed by atoms with Crippen molar-refractivity contribution in [3.8, 4) is 0 Å². The van der Waals surface area contributed by atoms with Crippen molar-refractivity contribution in [1.29, 1.82) is 0 Å². The number of methoxy groups -OCH3 is 1. The molecule has 1 N–H and O–H groups in total. The van der Waals surface area contributed by atoms with E-state index in [1.807, 2.05) is 0 Å². The van der Waals surface area contributed by atoms with Crippen molar-refractivity contribution in [3.05, 3.63) is 33.6 Å². The number of nitrogens with zero attached hydrogens (tertiary/aromatic N) is 1. The molecule has 0 aliphatic carbocycles. The standard InChI is InChI=1S/C14H19FN2O4/c1-10-8-12(13(17(19)20)9-11(10)15)16-7-5-3-4-6-14(18)21-2/h8-9,16H,3-7H2,1-2H3. The third kappa shape index (κ3) is 5.37. The van der Waals surface area contributed by atoms with E-state index >= 15 is 0 Å². The third-order valence-corrected chi connectivity index (χ3v) is 3.07. The number of ether oxygens (including phenoxy) is 1. The Hall–Kier alpha value is -2.18. The van der Waals surface area contributed by atoms with E-state index in [-0.39, 0.29) is 11.7 Å². The van der Waals surface area contributed by atoms with Crippen molar-refractivity contribution >= 4 is 17.3 Å². The number of unbranched alkanes of at least 4 members (excludes halogenated alkanes) is 2. The van der Waals surface area contributed by atoms with Gasteiger partial charge in [0, 0.05) is 13.0 Å². The van der Waals surface area contributed by atoms with Gasteiger partial charge in [-0.25, -0.2) is 4.39 Å². The minimum atomic E-state index is -0.609. The number of halogens is 1. The normalized spacial score (nSPS) is 10.2. The van der Waals surface area contributed by atoms with Gasteiger partial charge >= 0.3 is 5.97 Å². The molecule has 0 unspecified atom stereocenters. The molecule has 0 saturated carbocycles. The lowest BCUT2D eigenvalue weighted by atomic mass is 10.1. The van der Waals surface area contributed by atoms with Crippen LogP contribution in [0.3, 0.4) is 0 Å². The van der Waals surface area contributed by atoms with Gasteiger partial charge in [0.2, 0.25) is 0 Å². The first-order valence-electron chi connectivity index (χ1n) is 6.71. The van der Waals surface area contributed by atoms with Gasteiger partial charge in [-0.15, -0.1) is 0 Å². The SMILES string of the molecule is COC(=O)CCCCCNc1cc(C)c(F)cc1[N+](=O)[O-]. The van der Waals surface area contributed by atoms with Crippen LogP contribution >= 0.6 is 0 Å². The molecule has 6 nitrogen and oxygen atoms in total. The fraction of sp³-hybridized carbons (Fsp3) is 0.500. The molecule has 0 radical (unpaired) electrons. The first-order chi connectivity index (χ1) is 9.95. The minimum Gasteiger partial charge on any atom is -0.469 e. The van der Waals surface area contributed by atoms with Gasteiger partial charge in [0.05, 0.1) is 18.1 Å². The van der Waals surface area contributed by atoms with Gasteiger partial charge in [-0.05, 0) is 31.4 Å². The predicted molar refractivity (Wildman–Crippen MR) is 76.8 cm³/mol. The Labute approximate surface area is 122 Å². The maximum atomic E-state index is 13.3. The van der Waals surface area contributed by atoms with Crippen LogP contribution in [0.1, 0.15) is 31.2 Å². The van der Waals surface area contributed by atoms with Crippen molar-refractivity contribution in [2.75, 3.05) is 19.0 Å². The number of nitro benzene ring substituents is 1. The minimum absolute atomic E-state index is 0.243. The molecule has 0 spiro atoms. The molecule has 0 aliphatic rings. The summed E-state index contributed by atoms with van der Waals surface area (Å²) in [7, 11) is 1.35. The molecule has 21 heavy (non-hydrogen) atoms. The summed E-state index contributed by atoms with van der Waals surface area (Å²) in [4.78, 5) is 21.2. The van der Waals surface area contributed by atoms with E-state index < -0.39 is 10.7 Å². The molecule has 0 saturated heterocycles. The number of nitro groups is 1.